The second kappa shape index (κ2) is 4.66. The fourth-order valence-electron chi connectivity index (χ4n) is 2.31. The number of hydrogen-bond acceptors (Lipinski definition) is 1. The maximum Gasteiger partial charge on any atom is 0.159 e. The topological polar surface area (TPSA) is 12.0 Å². The minimum absolute atomic E-state index is 0.124. The molecular weight excluding hydrogens is 291 g/mol. The van der Waals surface area contributed by atoms with Crippen molar-refractivity contribution in [2.24, 2.45) is 0 Å². The van der Waals surface area contributed by atoms with Crippen LogP contribution in [-0.2, 0) is 6.42 Å². The molecule has 0 amide bonds. The SMILES string of the molecule is Fc1ccc(C2Cc3c(Cl)cc(Cl)cc3N2)cc1F. The van der Waals surface area contributed by atoms with Crippen LogP contribution in [0.3, 0.4) is 0 Å². The second-order valence-electron chi connectivity index (χ2n) is 4.49. The maximum atomic E-state index is 13.3. The van der Waals surface area contributed by atoms with Crippen LogP contribution in [0.15, 0.2) is 30.3 Å². The third kappa shape index (κ3) is 2.28. The molecule has 1 N–H and O–H groups in total. The van der Waals surface area contributed by atoms with Gasteiger partial charge in [0.25, 0.3) is 0 Å². The van der Waals surface area contributed by atoms with Crippen LogP contribution in [0, 0.1) is 11.6 Å². The molecule has 0 saturated carbocycles. The number of nitrogens with one attached hydrogen (secondary N) is 1. The Morgan fingerprint density at radius 2 is 1.84 bits per heavy atom. The summed E-state index contributed by atoms with van der Waals surface area (Å²) in [4.78, 5) is 0. The van der Waals surface area contributed by atoms with Crippen molar-refractivity contribution in [2.75, 3.05) is 5.32 Å². The van der Waals surface area contributed by atoms with Crippen LogP contribution in [0.1, 0.15) is 17.2 Å². The molecule has 2 aromatic carbocycles. The highest BCUT2D eigenvalue weighted by Gasteiger charge is 2.25. The average Bonchev–Trinajstić information content (AvgIpc) is 2.76. The predicted molar refractivity (Wildman–Crippen MR) is 72.9 cm³/mol. The molecule has 3 rings (SSSR count). The van der Waals surface area contributed by atoms with E-state index in [-0.39, 0.29) is 6.04 Å². The highest BCUT2D eigenvalue weighted by Crippen LogP contribution is 2.40. The van der Waals surface area contributed by atoms with E-state index in [4.69, 9.17) is 23.2 Å². The normalized spacial score (nSPS) is 17.2. The standard InChI is InChI=1S/C14H9Cl2F2N/c15-8-4-10(16)9-6-13(19-14(9)5-8)7-1-2-11(17)12(18)3-7/h1-5,13,19H,6H2. The van der Waals surface area contributed by atoms with Gasteiger partial charge in [0.05, 0.1) is 6.04 Å². The lowest BCUT2D eigenvalue weighted by molar-refractivity contribution is 0.506. The highest BCUT2D eigenvalue weighted by molar-refractivity contribution is 6.35. The molecule has 1 aliphatic rings. The molecule has 1 atom stereocenters. The van der Waals surface area contributed by atoms with Crippen molar-refractivity contribution in [3.05, 3.63) is 63.1 Å². The van der Waals surface area contributed by atoms with E-state index in [0.29, 0.717) is 22.0 Å². The van der Waals surface area contributed by atoms with E-state index in [2.05, 4.69) is 5.32 Å². The van der Waals surface area contributed by atoms with Gasteiger partial charge in [0.1, 0.15) is 0 Å². The largest absolute Gasteiger partial charge is 0.378 e. The van der Waals surface area contributed by atoms with E-state index in [1.807, 2.05) is 0 Å². The Bertz CT molecular complexity index is 658. The Labute approximate surface area is 119 Å². The van der Waals surface area contributed by atoms with E-state index in [9.17, 15) is 8.78 Å². The molecule has 0 spiro atoms. The summed E-state index contributed by atoms with van der Waals surface area (Å²) in [5, 5.41) is 4.35. The molecule has 19 heavy (non-hydrogen) atoms. The monoisotopic (exact) mass is 299 g/mol. The molecule has 1 heterocycles. The lowest BCUT2D eigenvalue weighted by atomic mass is 10.0. The summed E-state index contributed by atoms with van der Waals surface area (Å²) < 4.78 is 26.2. The van der Waals surface area contributed by atoms with E-state index in [1.54, 1.807) is 18.2 Å². The molecule has 5 heteroatoms. The number of anilines is 1. The molecule has 0 fully saturated rings. The number of fused-ring (bicyclic) bond motifs is 1. The van der Waals surface area contributed by atoms with E-state index in [1.165, 1.54) is 6.07 Å². The summed E-state index contributed by atoms with van der Waals surface area (Å²) in [6.07, 6.45) is 0.621. The first-order valence-corrected chi connectivity index (χ1v) is 6.49. The van der Waals surface area contributed by atoms with Gasteiger partial charge < -0.3 is 5.32 Å². The van der Waals surface area contributed by atoms with Crippen LogP contribution in [-0.4, -0.2) is 0 Å². The first-order chi connectivity index (χ1) is 9.04. The van der Waals surface area contributed by atoms with Crippen molar-refractivity contribution < 1.29 is 8.78 Å². The van der Waals surface area contributed by atoms with Gasteiger partial charge in [-0.25, -0.2) is 8.78 Å². The fraction of sp³-hybridized carbons (Fsp3) is 0.143. The molecule has 1 unspecified atom stereocenters. The van der Waals surface area contributed by atoms with E-state index < -0.39 is 11.6 Å². The van der Waals surface area contributed by atoms with Crippen molar-refractivity contribution in [3.8, 4) is 0 Å². The second-order valence-corrected chi connectivity index (χ2v) is 5.33. The van der Waals surface area contributed by atoms with Gasteiger partial charge in [0.2, 0.25) is 0 Å². The third-order valence-electron chi connectivity index (χ3n) is 3.24. The van der Waals surface area contributed by atoms with Gasteiger partial charge in [0.15, 0.2) is 11.6 Å². The first-order valence-electron chi connectivity index (χ1n) is 5.74. The molecule has 98 valence electrons. The Hall–Kier alpha value is -1.32. The summed E-state index contributed by atoms with van der Waals surface area (Å²) in [5.41, 5.74) is 2.47. The number of rotatable bonds is 1. The van der Waals surface area contributed by atoms with Crippen LogP contribution in [0.2, 0.25) is 10.0 Å². The number of benzene rings is 2. The first kappa shape index (κ1) is 12.7. The van der Waals surface area contributed by atoms with Gasteiger partial charge in [-0.2, -0.15) is 0 Å². The fourth-order valence-corrected chi connectivity index (χ4v) is 2.88. The lowest BCUT2D eigenvalue weighted by Crippen LogP contribution is -2.06. The summed E-state index contributed by atoms with van der Waals surface area (Å²) >= 11 is 12.1. The highest BCUT2D eigenvalue weighted by atomic mass is 35.5. The molecule has 1 aliphatic heterocycles. The van der Waals surface area contributed by atoms with Gasteiger partial charge in [-0.05, 0) is 35.4 Å². The van der Waals surface area contributed by atoms with Crippen molar-refractivity contribution in [2.45, 2.75) is 12.5 Å². The molecule has 0 saturated heterocycles. The van der Waals surface area contributed by atoms with Gasteiger partial charge in [-0.15, -0.1) is 0 Å². The van der Waals surface area contributed by atoms with Gasteiger partial charge in [-0.3, -0.25) is 0 Å². The van der Waals surface area contributed by atoms with Gasteiger partial charge in [-0.1, -0.05) is 29.3 Å². The van der Waals surface area contributed by atoms with Gasteiger partial charge >= 0.3 is 0 Å². The van der Waals surface area contributed by atoms with Crippen LogP contribution < -0.4 is 5.32 Å². The van der Waals surface area contributed by atoms with Crippen molar-refractivity contribution >= 4 is 28.9 Å². The van der Waals surface area contributed by atoms with Crippen molar-refractivity contribution in [1.29, 1.82) is 0 Å². The average molecular weight is 300 g/mol. The minimum Gasteiger partial charge on any atom is -0.378 e. The zero-order valence-electron chi connectivity index (χ0n) is 9.68. The molecule has 0 aliphatic carbocycles. The molecule has 2 aromatic rings. The van der Waals surface area contributed by atoms with Crippen LogP contribution in [0.5, 0.6) is 0 Å². The molecule has 0 bridgehead atoms. The summed E-state index contributed by atoms with van der Waals surface area (Å²) in [6, 6.07) is 7.23. The lowest BCUT2D eigenvalue weighted by Gasteiger charge is -2.11. The predicted octanol–water partition coefficient (Wildman–Crippen LogP) is 4.98. The molecule has 0 aromatic heterocycles. The summed E-state index contributed by atoms with van der Waals surface area (Å²) in [6.45, 7) is 0. The van der Waals surface area contributed by atoms with Crippen molar-refractivity contribution in [3.63, 3.8) is 0 Å². The number of hydrogen-bond donors (Lipinski definition) is 1. The van der Waals surface area contributed by atoms with E-state index >= 15 is 0 Å². The van der Waals surface area contributed by atoms with Crippen LogP contribution in [0.25, 0.3) is 0 Å². The zero-order valence-corrected chi connectivity index (χ0v) is 11.2. The Morgan fingerprint density at radius 3 is 2.58 bits per heavy atom. The smallest absolute Gasteiger partial charge is 0.159 e. The summed E-state index contributed by atoms with van der Waals surface area (Å²) in [5.74, 6) is -1.69. The van der Waals surface area contributed by atoms with Crippen molar-refractivity contribution in [1.82, 2.24) is 0 Å². The van der Waals surface area contributed by atoms with E-state index in [0.717, 1.165) is 17.3 Å². The van der Waals surface area contributed by atoms with Crippen LogP contribution >= 0.6 is 23.2 Å². The quantitative estimate of drug-likeness (QED) is 0.783. The summed E-state index contributed by atoms with van der Waals surface area (Å²) in [7, 11) is 0. The van der Waals surface area contributed by atoms with Crippen LogP contribution in [0.4, 0.5) is 14.5 Å². The van der Waals surface area contributed by atoms with Gasteiger partial charge in [0, 0.05) is 22.2 Å². The zero-order chi connectivity index (χ0) is 13.6. The molecular formula is C14H9Cl2F2N. The molecule has 0 radical (unpaired) electrons. The molecule has 1 nitrogen and oxygen atoms in total. The Kier molecular flexibility index (Phi) is 3.11. The Balaban J connectivity index is 1.95. The Morgan fingerprint density at radius 1 is 1.05 bits per heavy atom. The third-order valence-corrected chi connectivity index (χ3v) is 3.80. The maximum absolute atomic E-state index is 13.3. The number of halogens is 4. The minimum atomic E-state index is -0.848.